The maximum Gasteiger partial charge on any atom is 0.330 e. The van der Waals surface area contributed by atoms with Crippen LogP contribution in [0.4, 0.5) is 0 Å². The second-order valence-corrected chi connectivity index (χ2v) is 19.3. The van der Waals surface area contributed by atoms with E-state index in [1.54, 1.807) is 43.6 Å². The van der Waals surface area contributed by atoms with E-state index in [0.29, 0.717) is 74.2 Å². The van der Waals surface area contributed by atoms with Crippen LogP contribution in [-0.2, 0) is 34.9 Å². The highest BCUT2D eigenvalue weighted by atomic mass is 16.6. The number of rotatable bonds is 10. The Balaban J connectivity index is 1.06. The van der Waals surface area contributed by atoms with Gasteiger partial charge in [0.15, 0.2) is 11.7 Å². The smallest absolute Gasteiger partial charge is 0.330 e. The lowest BCUT2D eigenvalue weighted by Crippen LogP contribution is -2.51. The van der Waals surface area contributed by atoms with Gasteiger partial charge in [-0.05, 0) is 70.1 Å². The molecule has 0 saturated carbocycles. The summed E-state index contributed by atoms with van der Waals surface area (Å²) in [5.41, 5.74) is 3.68. The van der Waals surface area contributed by atoms with Crippen molar-refractivity contribution in [3.8, 4) is 0 Å². The number of hydrogen-bond donors (Lipinski definition) is 5. The van der Waals surface area contributed by atoms with Crippen molar-refractivity contribution >= 4 is 18.1 Å². The number of aromatic nitrogens is 2. The molecule has 2 aromatic rings. The molecule has 5 N–H and O–H groups in total. The first-order chi connectivity index (χ1) is 31.5. The fourth-order valence-electron chi connectivity index (χ4n) is 10.2. The molecule has 362 valence electrons. The Morgan fingerprint density at radius 1 is 0.924 bits per heavy atom. The number of allylic oxidation sites excluding steroid dienone is 2. The van der Waals surface area contributed by atoms with Gasteiger partial charge in [0.05, 0.1) is 67.5 Å². The first-order valence-electron chi connectivity index (χ1n) is 23.8. The molecule has 4 saturated heterocycles. The topological polar surface area (TPSA) is 216 Å². The number of carbonyl (C=O) groups is 1. The summed E-state index contributed by atoms with van der Waals surface area (Å²) in [6.07, 6.45) is 15.6. The minimum Gasteiger partial charge on any atom is -0.458 e. The van der Waals surface area contributed by atoms with Crippen LogP contribution in [0.25, 0.3) is 12.2 Å². The Bertz CT molecular complexity index is 2100. The Kier molecular flexibility index (Phi) is 16.9. The number of ether oxygens (including phenoxy) is 5. The summed E-state index contributed by atoms with van der Waals surface area (Å²) in [6, 6.07) is 0. The molecule has 5 aliphatic heterocycles. The Morgan fingerprint density at radius 2 is 1.71 bits per heavy atom. The van der Waals surface area contributed by atoms with E-state index < -0.39 is 60.6 Å². The summed E-state index contributed by atoms with van der Waals surface area (Å²) in [4.78, 5) is 22.8. The second-order valence-electron chi connectivity index (χ2n) is 19.3. The first kappa shape index (κ1) is 49.9. The molecule has 0 aromatic carbocycles. The third-order valence-corrected chi connectivity index (χ3v) is 13.4. The van der Waals surface area contributed by atoms with E-state index in [1.807, 2.05) is 39.8 Å². The van der Waals surface area contributed by atoms with Crippen LogP contribution in [0.5, 0.6) is 0 Å². The van der Waals surface area contributed by atoms with Gasteiger partial charge in [-0.15, -0.1) is 0 Å². The number of oxazole rings is 2. The zero-order valence-electron chi connectivity index (χ0n) is 38.9. The zero-order chi connectivity index (χ0) is 47.1. The van der Waals surface area contributed by atoms with Gasteiger partial charge in [-0.3, -0.25) is 0 Å². The van der Waals surface area contributed by atoms with Crippen molar-refractivity contribution in [2.75, 3.05) is 0 Å². The Hall–Kier alpha value is -4.03. The fourth-order valence-corrected chi connectivity index (χ4v) is 10.2. The molecule has 66 heavy (non-hydrogen) atoms. The van der Waals surface area contributed by atoms with E-state index in [-0.39, 0.29) is 61.4 Å². The minimum atomic E-state index is -1.86. The van der Waals surface area contributed by atoms with Crippen molar-refractivity contribution in [2.24, 2.45) is 11.8 Å². The molecule has 15 heteroatoms. The average Bonchev–Trinajstić information content (AvgIpc) is 3.90. The molecule has 7 rings (SSSR count). The molecule has 0 aliphatic carbocycles. The molecule has 15 atom stereocenters. The van der Waals surface area contributed by atoms with E-state index >= 15 is 0 Å². The van der Waals surface area contributed by atoms with Gasteiger partial charge in [0, 0.05) is 43.6 Å². The van der Waals surface area contributed by atoms with E-state index in [2.05, 4.69) is 11.6 Å². The van der Waals surface area contributed by atoms with Gasteiger partial charge < -0.3 is 58.1 Å². The lowest BCUT2D eigenvalue weighted by Gasteiger charge is -2.44. The number of carbonyl (C=O) groups excluding carboxylic acids is 1. The van der Waals surface area contributed by atoms with Crippen molar-refractivity contribution < 1.29 is 62.8 Å². The molecular formula is C51H70N2O13. The van der Waals surface area contributed by atoms with Crippen LogP contribution in [0.2, 0.25) is 0 Å². The van der Waals surface area contributed by atoms with Gasteiger partial charge in [0.1, 0.15) is 36.1 Å². The summed E-state index contributed by atoms with van der Waals surface area (Å²) in [7, 11) is 0. The normalized spacial score (nSPS) is 37.1. The van der Waals surface area contributed by atoms with Gasteiger partial charge in [-0.2, -0.15) is 0 Å². The summed E-state index contributed by atoms with van der Waals surface area (Å²) >= 11 is 0. The summed E-state index contributed by atoms with van der Waals surface area (Å²) in [5.74, 6) is -2.19. The Labute approximate surface area is 387 Å². The van der Waals surface area contributed by atoms with Gasteiger partial charge >= 0.3 is 5.97 Å². The summed E-state index contributed by atoms with van der Waals surface area (Å²) in [5, 5.41) is 54.2. The van der Waals surface area contributed by atoms with Crippen LogP contribution in [0.15, 0.2) is 81.1 Å². The molecule has 15 nitrogen and oxygen atoms in total. The van der Waals surface area contributed by atoms with Gasteiger partial charge in [-0.25, -0.2) is 14.8 Å². The third kappa shape index (κ3) is 13.4. The zero-order valence-corrected chi connectivity index (χ0v) is 38.9. The van der Waals surface area contributed by atoms with Crippen LogP contribution < -0.4 is 0 Å². The van der Waals surface area contributed by atoms with E-state index in [4.69, 9.17) is 37.5 Å². The molecular weight excluding hydrogens is 849 g/mol. The van der Waals surface area contributed by atoms with Gasteiger partial charge in [-0.1, -0.05) is 75.3 Å². The standard InChI is InChI=1S/C51H70N2O13/c1-7-10-35(54)16-15-29(2)19-42(57)45-23-37(56)25-51(59,66-45)26-47-52-34(27-60-47)20-31(4)49-33(6)50-32(5)43(64-49)12-9-13-46-53-41(28-61-46)44-22-36(55)21-40(63-44)24-39-18-30(3)17-38(62-39)11-8-14-48(58)65-50/h8-9,13-16,19-20,27-28,32-33,35-40,42-45,49-50,54-57,59H,3,7,10-12,17-18,21-26H2,1-2,4-6H3/b13-9+,14-8-,16-15+,29-19+,31-20+/t32-,33-,35+,36+,37+,38-,39+,40-,42+,43+,44+,45+,49-,50-,51-/m0/s1. The highest BCUT2D eigenvalue weighted by molar-refractivity contribution is 5.82. The fraction of sp³-hybridized carbons (Fsp3) is 0.627. The molecule has 7 heterocycles. The average molecular weight is 919 g/mol. The number of aliphatic hydroxyl groups excluding tert-OH is 4. The van der Waals surface area contributed by atoms with E-state index in [0.717, 1.165) is 17.6 Å². The maximum atomic E-state index is 13.5. The van der Waals surface area contributed by atoms with Gasteiger partial charge in [0.2, 0.25) is 5.89 Å². The lowest BCUT2D eigenvalue weighted by atomic mass is 9.79. The molecule has 0 unspecified atom stereocenters. The van der Waals surface area contributed by atoms with Crippen molar-refractivity contribution in [1.29, 1.82) is 0 Å². The van der Waals surface area contributed by atoms with Crippen LogP contribution >= 0.6 is 0 Å². The molecule has 4 fully saturated rings. The highest BCUT2D eigenvalue weighted by Crippen LogP contribution is 2.39. The number of fused-ring (bicyclic) bond motifs is 9. The maximum absolute atomic E-state index is 13.5. The summed E-state index contributed by atoms with van der Waals surface area (Å²) < 4.78 is 43.6. The molecule has 2 aromatic heterocycles. The van der Waals surface area contributed by atoms with Crippen molar-refractivity contribution in [1.82, 2.24) is 9.97 Å². The lowest BCUT2D eigenvalue weighted by molar-refractivity contribution is -0.283. The quantitative estimate of drug-likeness (QED) is 0.0926. The molecule has 0 amide bonds. The second kappa shape index (κ2) is 22.4. The summed E-state index contributed by atoms with van der Waals surface area (Å²) in [6.45, 7) is 14.0. The minimum absolute atomic E-state index is 0.105. The Morgan fingerprint density at radius 3 is 2.52 bits per heavy atom. The van der Waals surface area contributed by atoms with Crippen LogP contribution in [0.3, 0.4) is 0 Å². The SMILES string of the molecule is C=C1C[C@@H]2C[C@@H]3C[C@@H](O)C[C@@H](O3)c3coc(n3)/C=C/C[C@H]3O[C@@H](/C(C)=C/c4coc(C[C@]5(O)C[C@H](O)C[C@H]([C@H](O)/C=C(C)/C=C/[C@H](O)CCC)O5)n4)[C@H](C)[C@@H](OC(=O)/C=C\C[C@@H](C1)O2)[C@H]3C. The monoisotopic (exact) mass is 918 g/mol. The van der Waals surface area contributed by atoms with Crippen LogP contribution in [-0.4, -0.2) is 114 Å². The largest absolute Gasteiger partial charge is 0.458 e. The first-order valence-corrected chi connectivity index (χ1v) is 23.8. The predicted molar refractivity (Wildman–Crippen MR) is 244 cm³/mol. The number of aliphatic hydroxyl groups is 5. The van der Waals surface area contributed by atoms with Crippen molar-refractivity contribution in [3.05, 3.63) is 95.4 Å². The van der Waals surface area contributed by atoms with Crippen LogP contribution in [0, 0.1) is 11.8 Å². The molecule has 8 bridgehead atoms. The van der Waals surface area contributed by atoms with Gasteiger partial charge in [0.25, 0.3) is 0 Å². The number of esters is 1. The van der Waals surface area contributed by atoms with E-state index in [1.165, 1.54) is 12.3 Å². The predicted octanol–water partition coefficient (Wildman–Crippen LogP) is 6.95. The molecule has 5 aliphatic rings. The third-order valence-electron chi connectivity index (χ3n) is 13.4. The highest BCUT2D eigenvalue weighted by Gasteiger charge is 2.45. The number of hydrogen-bond acceptors (Lipinski definition) is 15. The van der Waals surface area contributed by atoms with Crippen LogP contribution in [0.1, 0.15) is 135 Å². The van der Waals surface area contributed by atoms with Crippen molar-refractivity contribution in [2.45, 2.75) is 191 Å². The molecule has 0 radical (unpaired) electrons. The number of nitrogens with zero attached hydrogens (tertiary/aromatic N) is 2. The van der Waals surface area contributed by atoms with E-state index in [9.17, 15) is 30.3 Å². The molecule has 0 spiro atoms. The van der Waals surface area contributed by atoms with Crippen molar-refractivity contribution in [3.63, 3.8) is 0 Å².